The number of rotatable bonds is 9. The van der Waals surface area contributed by atoms with E-state index in [0.29, 0.717) is 19.8 Å². The molecule has 0 spiro atoms. The minimum Gasteiger partial charge on any atom is -0.444 e. The normalized spacial score (nSPS) is 17.5. The number of amides is 1. The second-order valence-corrected chi connectivity index (χ2v) is 17.8. The van der Waals surface area contributed by atoms with Crippen molar-refractivity contribution in [2.24, 2.45) is 5.92 Å². The predicted molar refractivity (Wildman–Crippen MR) is 146 cm³/mol. The Labute approximate surface area is 219 Å². The lowest BCUT2D eigenvalue weighted by molar-refractivity contribution is 0.0282. The van der Waals surface area contributed by atoms with Crippen molar-refractivity contribution in [2.45, 2.75) is 71.3 Å². The SMILES string of the molecule is CC(C)(C)OC(=O)N1CCC(C(CF)n2ccc(-c3ncnc4c3ccn4COCC[Si](C)(C)C)c2)C1. The summed E-state index contributed by atoms with van der Waals surface area (Å²) < 4.78 is 29.6. The fourth-order valence-corrected chi connectivity index (χ4v) is 5.44. The van der Waals surface area contributed by atoms with Crippen molar-refractivity contribution in [3.8, 4) is 11.3 Å². The number of halogens is 1. The molecule has 4 rings (SSSR count). The van der Waals surface area contributed by atoms with Crippen molar-refractivity contribution in [1.29, 1.82) is 0 Å². The second-order valence-electron chi connectivity index (χ2n) is 12.1. The van der Waals surface area contributed by atoms with Crippen LogP contribution < -0.4 is 0 Å². The van der Waals surface area contributed by atoms with Crippen LogP contribution >= 0.6 is 0 Å². The lowest BCUT2D eigenvalue weighted by atomic mass is 10.00. The van der Waals surface area contributed by atoms with Crippen LogP contribution in [0.4, 0.5) is 9.18 Å². The van der Waals surface area contributed by atoms with E-state index in [0.717, 1.165) is 41.4 Å². The molecule has 0 saturated carbocycles. The molecule has 1 amide bonds. The Bertz CT molecular complexity index is 1210. The Morgan fingerprint density at radius 2 is 2.00 bits per heavy atom. The van der Waals surface area contributed by atoms with E-state index in [9.17, 15) is 9.18 Å². The van der Waals surface area contributed by atoms with E-state index in [1.54, 1.807) is 11.2 Å². The van der Waals surface area contributed by atoms with E-state index in [1.165, 1.54) is 0 Å². The van der Waals surface area contributed by atoms with Gasteiger partial charge in [0.2, 0.25) is 0 Å². The van der Waals surface area contributed by atoms with E-state index < -0.39 is 20.3 Å². The second kappa shape index (κ2) is 10.9. The van der Waals surface area contributed by atoms with Crippen LogP contribution in [0.5, 0.6) is 0 Å². The third-order valence-electron chi connectivity index (χ3n) is 6.73. The Hall–Kier alpha value is -2.72. The van der Waals surface area contributed by atoms with Gasteiger partial charge in [0.1, 0.15) is 31.0 Å². The fourth-order valence-electron chi connectivity index (χ4n) is 4.68. The quantitative estimate of drug-likeness (QED) is 0.252. The molecular formula is C27H40FN5O3Si. The van der Waals surface area contributed by atoms with E-state index in [4.69, 9.17) is 9.47 Å². The summed E-state index contributed by atoms with van der Waals surface area (Å²) in [7, 11) is -1.14. The summed E-state index contributed by atoms with van der Waals surface area (Å²) in [4.78, 5) is 23.2. The Morgan fingerprint density at radius 1 is 1.22 bits per heavy atom. The minimum absolute atomic E-state index is 0.0116. The molecule has 1 aliphatic heterocycles. The number of nitrogens with zero attached hydrogens (tertiary/aromatic N) is 5. The van der Waals surface area contributed by atoms with Crippen LogP contribution in [0.15, 0.2) is 37.1 Å². The Kier molecular flexibility index (Phi) is 8.08. The lowest BCUT2D eigenvalue weighted by Gasteiger charge is -2.26. The molecule has 1 saturated heterocycles. The molecule has 1 aliphatic rings. The third kappa shape index (κ3) is 6.78. The Morgan fingerprint density at radius 3 is 2.70 bits per heavy atom. The molecule has 10 heteroatoms. The summed E-state index contributed by atoms with van der Waals surface area (Å²) in [6.45, 7) is 14.3. The van der Waals surface area contributed by atoms with Crippen LogP contribution in [0.2, 0.25) is 25.7 Å². The number of alkyl halides is 1. The largest absolute Gasteiger partial charge is 0.444 e. The number of carbonyl (C=O) groups is 1. The summed E-state index contributed by atoms with van der Waals surface area (Å²) in [5, 5.41) is 0.933. The van der Waals surface area contributed by atoms with Crippen molar-refractivity contribution in [3.63, 3.8) is 0 Å². The Balaban J connectivity index is 1.46. The van der Waals surface area contributed by atoms with Crippen LogP contribution in [0.3, 0.4) is 0 Å². The maximum Gasteiger partial charge on any atom is 0.410 e. The fraction of sp³-hybridized carbons (Fsp3) is 0.593. The molecule has 0 radical (unpaired) electrons. The molecule has 202 valence electrons. The van der Waals surface area contributed by atoms with Crippen LogP contribution in [0.1, 0.15) is 33.2 Å². The summed E-state index contributed by atoms with van der Waals surface area (Å²) in [6.07, 6.45) is 7.79. The molecule has 8 nitrogen and oxygen atoms in total. The molecule has 3 aromatic heterocycles. The van der Waals surface area contributed by atoms with Gasteiger partial charge in [-0.2, -0.15) is 0 Å². The lowest BCUT2D eigenvalue weighted by Crippen LogP contribution is -2.36. The first-order chi connectivity index (χ1) is 17.4. The van der Waals surface area contributed by atoms with Crippen LogP contribution in [-0.4, -0.2) is 70.1 Å². The number of carbonyl (C=O) groups excluding carboxylic acids is 1. The molecule has 37 heavy (non-hydrogen) atoms. The minimum atomic E-state index is -1.14. The summed E-state index contributed by atoms with van der Waals surface area (Å²) in [5.74, 6) is 0.0116. The predicted octanol–water partition coefficient (Wildman–Crippen LogP) is 5.98. The number of hydrogen-bond acceptors (Lipinski definition) is 5. The first-order valence-corrected chi connectivity index (χ1v) is 16.8. The number of ether oxygens (including phenoxy) is 2. The van der Waals surface area contributed by atoms with Gasteiger partial charge in [-0.15, -0.1) is 0 Å². The zero-order valence-electron chi connectivity index (χ0n) is 22.9. The molecule has 0 bridgehead atoms. The molecule has 0 aromatic carbocycles. The standard InChI is InChI=1S/C27H40FN5O3Si/c1-27(2,3)36-26(34)32-11-7-20(16-32)23(15-28)31-10-8-21(17-31)24-22-9-12-33(25(22)30-18-29-24)19-35-13-14-37(4,5)6/h8-10,12,17-18,20,23H,7,11,13-16,19H2,1-6H3. The van der Waals surface area contributed by atoms with Gasteiger partial charge < -0.3 is 23.5 Å². The van der Waals surface area contributed by atoms with Crippen LogP contribution in [-0.2, 0) is 16.2 Å². The van der Waals surface area contributed by atoms with Gasteiger partial charge >= 0.3 is 6.09 Å². The molecule has 2 atom stereocenters. The molecule has 4 heterocycles. The molecule has 0 N–H and O–H groups in total. The average Bonchev–Trinajstić information content (AvgIpc) is 3.56. The van der Waals surface area contributed by atoms with Crippen molar-refractivity contribution < 1.29 is 18.7 Å². The van der Waals surface area contributed by atoms with E-state index in [-0.39, 0.29) is 18.1 Å². The molecule has 3 aromatic rings. The van der Waals surface area contributed by atoms with Gasteiger partial charge in [-0.3, -0.25) is 0 Å². The molecule has 2 unspecified atom stereocenters. The van der Waals surface area contributed by atoms with Gasteiger partial charge in [0.25, 0.3) is 0 Å². The number of likely N-dealkylation sites (tertiary alicyclic amines) is 1. The summed E-state index contributed by atoms with van der Waals surface area (Å²) in [5.41, 5.74) is 1.98. The number of aromatic nitrogens is 4. The average molecular weight is 530 g/mol. The number of fused-ring (bicyclic) bond motifs is 1. The van der Waals surface area contributed by atoms with Crippen molar-refractivity contribution >= 4 is 25.2 Å². The summed E-state index contributed by atoms with van der Waals surface area (Å²) >= 11 is 0. The highest BCUT2D eigenvalue weighted by molar-refractivity contribution is 6.76. The first-order valence-electron chi connectivity index (χ1n) is 13.0. The van der Waals surface area contributed by atoms with Gasteiger partial charge in [0.15, 0.2) is 0 Å². The highest BCUT2D eigenvalue weighted by Crippen LogP contribution is 2.33. The van der Waals surface area contributed by atoms with E-state index in [2.05, 4.69) is 29.6 Å². The van der Waals surface area contributed by atoms with Gasteiger partial charge in [0, 0.05) is 63.2 Å². The van der Waals surface area contributed by atoms with Crippen molar-refractivity contribution in [3.05, 3.63) is 37.1 Å². The molecule has 1 fully saturated rings. The topological polar surface area (TPSA) is 74.4 Å². The monoisotopic (exact) mass is 529 g/mol. The van der Waals surface area contributed by atoms with Gasteiger partial charge in [-0.25, -0.2) is 19.2 Å². The zero-order chi connectivity index (χ0) is 26.8. The summed E-state index contributed by atoms with van der Waals surface area (Å²) in [6, 6.07) is 4.73. The van der Waals surface area contributed by atoms with Gasteiger partial charge in [0.05, 0.1) is 11.7 Å². The van der Waals surface area contributed by atoms with Crippen LogP contribution in [0.25, 0.3) is 22.3 Å². The smallest absolute Gasteiger partial charge is 0.410 e. The molecule has 0 aliphatic carbocycles. The zero-order valence-corrected chi connectivity index (χ0v) is 23.9. The maximum atomic E-state index is 14.3. The van der Waals surface area contributed by atoms with Gasteiger partial charge in [-0.1, -0.05) is 19.6 Å². The maximum absolute atomic E-state index is 14.3. The van der Waals surface area contributed by atoms with Crippen LogP contribution in [0, 0.1) is 5.92 Å². The third-order valence-corrected chi connectivity index (χ3v) is 8.44. The highest BCUT2D eigenvalue weighted by atomic mass is 28.3. The highest BCUT2D eigenvalue weighted by Gasteiger charge is 2.35. The van der Waals surface area contributed by atoms with Crippen molar-refractivity contribution in [1.82, 2.24) is 24.0 Å². The van der Waals surface area contributed by atoms with E-state index >= 15 is 0 Å². The van der Waals surface area contributed by atoms with Gasteiger partial charge in [-0.05, 0) is 45.4 Å². The first kappa shape index (κ1) is 27.3. The van der Waals surface area contributed by atoms with Crippen molar-refractivity contribution in [2.75, 3.05) is 26.4 Å². The number of hydrogen-bond donors (Lipinski definition) is 0. The van der Waals surface area contributed by atoms with E-state index in [1.807, 2.05) is 60.6 Å². The molecular weight excluding hydrogens is 489 g/mol.